The van der Waals surface area contributed by atoms with E-state index in [1.807, 2.05) is 31.2 Å². The van der Waals surface area contributed by atoms with Crippen molar-refractivity contribution in [1.82, 2.24) is 19.7 Å². The fraction of sp³-hybridized carbons (Fsp3) is 0.500. The number of para-hydroxylation sites is 1. The number of aromatic nitrogens is 1. The van der Waals surface area contributed by atoms with Crippen LogP contribution in [0.4, 0.5) is 0 Å². The lowest BCUT2D eigenvalue weighted by molar-refractivity contribution is -0.129. The maximum Gasteiger partial charge on any atom is 0.236 e. The van der Waals surface area contributed by atoms with E-state index in [4.69, 9.17) is 0 Å². The molecule has 0 saturated carbocycles. The Hall–Kier alpha value is -2.18. The summed E-state index contributed by atoms with van der Waals surface area (Å²) in [4.78, 5) is 34.2. The number of aromatic amines is 1. The van der Waals surface area contributed by atoms with E-state index in [0.29, 0.717) is 13.1 Å². The topological polar surface area (TPSA) is 59.7 Å². The van der Waals surface area contributed by atoms with E-state index in [1.165, 1.54) is 0 Å². The van der Waals surface area contributed by atoms with Crippen LogP contribution in [0.5, 0.6) is 0 Å². The molecule has 6 nitrogen and oxygen atoms in total. The molecule has 6 heteroatoms. The summed E-state index contributed by atoms with van der Waals surface area (Å²) in [5.74, 6) is 0.293. The number of fused-ring (bicyclic) bond motifs is 1. The molecule has 0 aliphatic carbocycles. The van der Waals surface area contributed by atoms with Gasteiger partial charge in [0.05, 0.1) is 13.1 Å². The van der Waals surface area contributed by atoms with Crippen LogP contribution >= 0.6 is 0 Å². The monoisotopic (exact) mass is 356 g/mol. The van der Waals surface area contributed by atoms with Crippen molar-refractivity contribution in [1.29, 1.82) is 0 Å². The Morgan fingerprint density at radius 1 is 1.04 bits per heavy atom. The molecule has 140 valence electrons. The van der Waals surface area contributed by atoms with Crippen molar-refractivity contribution in [3.05, 3.63) is 35.5 Å². The van der Waals surface area contributed by atoms with Crippen molar-refractivity contribution in [2.24, 2.45) is 0 Å². The molecule has 1 aromatic carbocycles. The zero-order chi connectivity index (χ0) is 18.7. The van der Waals surface area contributed by atoms with Crippen LogP contribution in [-0.2, 0) is 4.79 Å². The number of amides is 1. The third kappa shape index (κ3) is 4.14. The van der Waals surface area contributed by atoms with E-state index in [0.717, 1.165) is 54.8 Å². The van der Waals surface area contributed by atoms with Crippen LogP contribution in [0.25, 0.3) is 10.9 Å². The first kappa shape index (κ1) is 18.6. The highest BCUT2D eigenvalue weighted by Gasteiger charge is 2.22. The third-order valence-corrected chi connectivity index (χ3v) is 5.08. The number of nitrogens with zero attached hydrogens (tertiary/aromatic N) is 3. The van der Waals surface area contributed by atoms with E-state index >= 15 is 0 Å². The van der Waals surface area contributed by atoms with Crippen LogP contribution in [0, 0.1) is 6.92 Å². The smallest absolute Gasteiger partial charge is 0.236 e. The van der Waals surface area contributed by atoms with Gasteiger partial charge in [0, 0.05) is 49.3 Å². The second-order valence-corrected chi connectivity index (χ2v) is 7.29. The van der Waals surface area contributed by atoms with Crippen molar-refractivity contribution in [3.8, 4) is 0 Å². The summed E-state index contributed by atoms with van der Waals surface area (Å²) in [5, 5.41) is 1.00. The molecule has 1 N–H and O–H groups in total. The SMILES string of the molecule is Cc1[nH]c2ccccc2c1C(=O)CN1CCCN(CC(=O)N(C)C)CC1. The molecule has 1 fully saturated rings. The Kier molecular flexibility index (Phi) is 5.74. The quantitative estimate of drug-likeness (QED) is 0.830. The molecule has 1 aliphatic heterocycles. The summed E-state index contributed by atoms with van der Waals surface area (Å²) in [5.41, 5.74) is 2.76. The van der Waals surface area contributed by atoms with Crippen LogP contribution in [0.3, 0.4) is 0 Å². The Morgan fingerprint density at radius 2 is 1.69 bits per heavy atom. The molecule has 0 spiro atoms. The van der Waals surface area contributed by atoms with E-state index < -0.39 is 0 Å². The standard InChI is InChI=1S/C20H28N4O2/c1-15-20(16-7-4-5-8-17(16)21-15)18(25)13-23-9-6-10-24(12-11-23)14-19(26)22(2)3/h4-5,7-8,21H,6,9-14H2,1-3H3. The van der Waals surface area contributed by atoms with E-state index in [1.54, 1.807) is 19.0 Å². The van der Waals surface area contributed by atoms with Crippen molar-refractivity contribution < 1.29 is 9.59 Å². The summed E-state index contributed by atoms with van der Waals surface area (Å²) in [6.07, 6.45) is 0.973. The van der Waals surface area contributed by atoms with Crippen molar-refractivity contribution in [2.75, 3.05) is 53.4 Å². The minimum Gasteiger partial charge on any atom is -0.358 e. The van der Waals surface area contributed by atoms with Crippen molar-refractivity contribution in [2.45, 2.75) is 13.3 Å². The largest absolute Gasteiger partial charge is 0.358 e. The van der Waals surface area contributed by atoms with Gasteiger partial charge in [-0.05, 0) is 32.5 Å². The molecule has 0 bridgehead atoms. The molecular formula is C20H28N4O2. The molecular weight excluding hydrogens is 328 g/mol. The minimum absolute atomic E-state index is 0.129. The average molecular weight is 356 g/mol. The number of likely N-dealkylation sites (N-methyl/N-ethyl adjacent to an activating group) is 1. The normalized spacial score (nSPS) is 16.6. The highest BCUT2D eigenvalue weighted by molar-refractivity contribution is 6.10. The average Bonchev–Trinajstić information content (AvgIpc) is 2.78. The van der Waals surface area contributed by atoms with Crippen LogP contribution in [0.15, 0.2) is 24.3 Å². The summed E-state index contributed by atoms with van der Waals surface area (Å²) < 4.78 is 0. The predicted molar refractivity (Wildman–Crippen MR) is 104 cm³/mol. The lowest BCUT2D eigenvalue weighted by atomic mass is 10.1. The zero-order valence-electron chi connectivity index (χ0n) is 15.9. The molecule has 1 amide bonds. The van der Waals surface area contributed by atoms with Crippen LogP contribution < -0.4 is 0 Å². The Morgan fingerprint density at radius 3 is 2.38 bits per heavy atom. The summed E-state index contributed by atoms with van der Waals surface area (Å²) in [7, 11) is 3.57. The maximum atomic E-state index is 12.9. The molecule has 3 rings (SSSR count). The number of hydrogen-bond donors (Lipinski definition) is 1. The minimum atomic E-state index is 0.129. The predicted octanol–water partition coefficient (Wildman–Crippen LogP) is 1.75. The number of benzene rings is 1. The number of nitrogens with one attached hydrogen (secondary N) is 1. The summed E-state index contributed by atoms with van der Waals surface area (Å²) in [6.45, 7) is 6.27. The van der Waals surface area contributed by atoms with Gasteiger partial charge in [-0.25, -0.2) is 0 Å². The number of carbonyl (C=O) groups excluding carboxylic acids is 2. The lowest BCUT2D eigenvalue weighted by Gasteiger charge is -2.22. The zero-order valence-corrected chi connectivity index (χ0v) is 15.9. The Labute approximate surface area is 154 Å². The van der Waals surface area contributed by atoms with Gasteiger partial charge in [-0.2, -0.15) is 0 Å². The van der Waals surface area contributed by atoms with Gasteiger partial charge in [-0.15, -0.1) is 0 Å². The van der Waals surface area contributed by atoms with E-state index in [9.17, 15) is 9.59 Å². The number of carbonyl (C=O) groups is 2. The first-order chi connectivity index (χ1) is 12.5. The van der Waals surface area contributed by atoms with E-state index in [2.05, 4.69) is 14.8 Å². The highest BCUT2D eigenvalue weighted by atomic mass is 16.2. The molecule has 1 aromatic heterocycles. The summed E-state index contributed by atoms with van der Waals surface area (Å²) in [6, 6.07) is 7.96. The lowest BCUT2D eigenvalue weighted by Crippen LogP contribution is -2.39. The number of hydrogen-bond acceptors (Lipinski definition) is 4. The molecule has 0 radical (unpaired) electrons. The number of rotatable bonds is 5. The first-order valence-electron chi connectivity index (χ1n) is 9.21. The van der Waals surface area contributed by atoms with Gasteiger partial charge < -0.3 is 9.88 Å². The van der Waals surface area contributed by atoms with Crippen molar-refractivity contribution in [3.63, 3.8) is 0 Å². The number of Topliss-reactive ketones (excluding diaryl/α,β-unsaturated/α-hetero) is 1. The fourth-order valence-corrected chi connectivity index (χ4v) is 3.59. The maximum absolute atomic E-state index is 12.9. The summed E-state index contributed by atoms with van der Waals surface area (Å²) >= 11 is 0. The first-order valence-corrected chi connectivity index (χ1v) is 9.21. The molecule has 0 unspecified atom stereocenters. The van der Waals surface area contributed by atoms with Gasteiger partial charge in [0.15, 0.2) is 5.78 Å². The van der Waals surface area contributed by atoms with Crippen LogP contribution in [0.2, 0.25) is 0 Å². The second-order valence-electron chi connectivity index (χ2n) is 7.29. The molecule has 26 heavy (non-hydrogen) atoms. The van der Waals surface area contributed by atoms with Gasteiger partial charge in [0.2, 0.25) is 5.91 Å². The number of H-pyrrole nitrogens is 1. The van der Waals surface area contributed by atoms with Gasteiger partial charge in [0.1, 0.15) is 0 Å². The fourth-order valence-electron chi connectivity index (χ4n) is 3.59. The Balaban J connectivity index is 1.63. The van der Waals surface area contributed by atoms with Crippen LogP contribution in [-0.4, -0.2) is 84.7 Å². The van der Waals surface area contributed by atoms with Crippen LogP contribution in [0.1, 0.15) is 22.5 Å². The third-order valence-electron chi connectivity index (χ3n) is 5.08. The molecule has 1 aliphatic rings. The van der Waals surface area contributed by atoms with Gasteiger partial charge >= 0.3 is 0 Å². The molecule has 2 aromatic rings. The molecule has 1 saturated heterocycles. The Bertz CT molecular complexity index is 796. The van der Waals surface area contributed by atoms with Crippen molar-refractivity contribution >= 4 is 22.6 Å². The second kappa shape index (κ2) is 8.01. The number of aryl methyl sites for hydroxylation is 1. The van der Waals surface area contributed by atoms with Gasteiger partial charge in [0.25, 0.3) is 0 Å². The number of ketones is 1. The van der Waals surface area contributed by atoms with Gasteiger partial charge in [-0.1, -0.05) is 18.2 Å². The highest BCUT2D eigenvalue weighted by Crippen LogP contribution is 2.22. The van der Waals surface area contributed by atoms with Gasteiger partial charge in [-0.3, -0.25) is 19.4 Å². The van der Waals surface area contributed by atoms with E-state index in [-0.39, 0.29) is 11.7 Å². The molecule has 0 atom stereocenters. The molecule has 2 heterocycles.